The molecule has 2 rings (SSSR count). The molecule has 0 aromatic carbocycles. The first-order valence-electron chi connectivity index (χ1n) is 5.65. The molecule has 3 heteroatoms. The maximum absolute atomic E-state index is 9.85. The maximum Gasteiger partial charge on any atom is 0.0804 e. The van der Waals surface area contributed by atoms with Crippen LogP contribution >= 0.6 is 11.3 Å². The van der Waals surface area contributed by atoms with E-state index in [1.807, 2.05) is 18.5 Å². The normalized spacial score (nSPS) is 12.9. The van der Waals surface area contributed by atoms with Crippen molar-refractivity contribution in [3.8, 4) is 0 Å². The van der Waals surface area contributed by atoms with Crippen LogP contribution in [-0.4, -0.2) is 9.67 Å². The highest BCUT2D eigenvalue weighted by Gasteiger charge is 2.07. The van der Waals surface area contributed by atoms with Gasteiger partial charge in [-0.1, -0.05) is 19.4 Å². The SMILES string of the molecule is CCCC(O)c1ccn(Cc2cccs2)c1. The van der Waals surface area contributed by atoms with Crippen molar-refractivity contribution >= 4 is 11.3 Å². The van der Waals surface area contributed by atoms with Crippen LogP contribution in [0.4, 0.5) is 0 Å². The quantitative estimate of drug-likeness (QED) is 0.844. The molecule has 1 N–H and O–H groups in total. The third-order valence-corrected chi connectivity index (χ3v) is 3.50. The smallest absolute Gasteiger partial charge is 0.0804 e. The van der Waals surface area contributed by atoms with Crippen LogP contribution in [0.1, 0.15) is 36.3 Å². The molecule has 2 aromatic heterocycles. The average Bonchev–Trinajstić information content (AvgIpc) is 2.90. The fourth-order valence-corrected chi connectivity index (χ4v) is 2.49. The number of aromatic nitrogens is 1. The average molecular weight is 235 g/mol. The van der Waals surface area contributed by atoms with Gasteiger partial charge >= 0.3 is 0 Å². The van der Waals surface area contributed by atoms with E-state index in [2.05, 4.69) is 29.0 Å². The van der Waals surface area contributed by atoms with Gasteiger partial charge in [-0.05, 0) is 29.5 Å². The highest BCUT2D eigenvalue weighted by molar-refractivity contribution is 7.09. The first kappa shape index (κ1) is 11.4. The number of thiophene rings is 1. The Kier molecular flexibility index (Phi) is 3.80. The fraction of sp³-hybridized carbons (Fsp3) is 0.385. The number of hydrogen-bond donors (Lipinski definition) is 1. The molecule has 1 atom stereocenters. The Morgan fingerprint density at radius 3 is 3.00 bits per heavy atom. The van der Waals surface area contributed by atoms with E-state index in [1.54, 1.807) is 11.3 Å². The molecule has 0 aliphatic carbocycles. The lowest BCUT2D eigenvalue weighted by atomic mass is 10.1. The second-order valence-electron chi connectivity index (χ2n) is 4.00. The molecule has 86 valence electrons. The number of rotatable bonds is 5. The number of aliphatic hydroxyl groups excluding tert-OH is 1. The monoisotopic (exact) mass is 235 g/mol. The molecule has 1 unspecified atom stereocenters. The van der Waals surface area contributed by atoms with Crippen LogP contribution in [0.15, 0.2) is 36.0 Å². The Bertz CT molecular complexity index is 419. The van der Waals surface area contributed by atoms with Gasteiger partial charge in [0.25, 0.3) is 0 Å². The Morgan fingerprint density at radius 1 is 1.44 bits per heavy atom. The van der Waals surface area contributed by atoms with Crippen molar-refractivity contribution in [1.29, 1.82) is 0 Å². The summed E-state index contributed by atoms with van der Waals surface area (Å²) in [5.41, 5.74) is 1.03. The minimum absolute atomic E-state index is 0.311. The summed E-state index contributed by atoms with van der Waals surface area (Å²) in [7, 11) is 0. The van der Waals surface area contributed by atoms with E-state index in [-0.39, 0.29) is 6.10 Å². The van der Waals surface area contributed by atoms with Gasteiger partial charge in [-0.25, -0.2) is 0 Å². The zero-order valence-electron chi connectivity index (χ0n) is 9.47. The third-order valence-electron chi connectivity index (χ3n) is 2.64. The van der Waals surface area contributed by atoms with Crippen molar-refractivity contribution in [2.75, 3.05) is 0 Å². The van der Waals surface area contributed by atoms with Crippen LogP contribution < -0.4 is 0 Å². The van der Waals surface area contributed by atoms with Crippen LogP contribution in [0.2, 0.25) is 0 Å². The fourth-order valence-electron chi connectivity index (χ4n) is 1.78. The van der Waals surface area contributed by atoms with Gasteiger partial charge in [0, 0.05) is 17.3 Å². The minimum Gasteiger partial charge on any atom is -0.388 e. The standard InChI is InChI=1S/C13H17NOS/c1-2-4-13(15)11-6-7-14(9-11)10-12-5-3-8-16-12/h3,5-9,13,15H,2,4,10H2,1H3. The molecule has 0 aliphatic rings. The second kappa shape index (κ2) is 5.32. The van der Waals surface area contributed by atoms with Gasteiger partial charge in [-0.15, -0.1) is 11.3 Å². The van der Waals surface area contributed by atoms with E-state index >= 15 is 0 Å². The molecule has 0 radical (unpaired) electrons. The zero-order valence-corrected chi connectivity index (χ0v) is 10.3. The molecular formula is C13H17NOS. The van der Waals surface area contributed by atoms with Crippen LogP contribution in [-0.2, 0) is 6.54 Å². The summed E-state index contributed by atoms with van der Waals surface area (Å²) < 4.78 is 2.13. The molecule has 2 nitrogen and oxygen atoms in total. The molecule has 0 spiro atoms. The molecule has 0 amide bonds. The minimum atomic E-state index is -0.311. The Hall–Kier alpha value is -1.06. The van der Waals surface area contributed by atoms with Crippen LogP contribution in [0.5, 0.6) is 0 Å². The van der Waals surface area contributed by atoms with Crippen molar-refractivity contribution in [1.82, 2.24) is 4.57 Å². The molecule has 2 aromatic rings. The van der Waals surface area contributed by atoms with Crippen molar-refractivity contribution in [3.05, 3.63) is 46.4 Å². The van der Waals surface area contributed by atoms with Crippen LogP contribution in [0.25, 0.3) is 0 Å². The van der Waals surface area contributed by atoms with E-state index in [1.165, 1.54) is 4.88 Å². The topological polar surface area (TPSA) is 25.2 Å². The molecule has 2 heterocycles. The highest BCUT2D eigenvalue weighted by Crippen LogP contribution is 2.19. The van der Waals surface area contributed by atoms with Gasteiger partial charge in [0.1, 0.15) is 0 Å². The van der Waals surface area contributed by atoms with Crippen LogP contribution in [0.3, 0.4) is 0 Å². The second-order valence-corrected chi connectivity index (χ2v) is 5.03. The Labute approximate surface area is 100 Å². The van der Waals surface area contributed by atoms with Gasteiger partial charge in [0.05, 0.1) is 12.6 Å². The van der Waals surface area contributed by atoms with Crippen molar-refractivity contribution < 1.29 is 5.11 Å². The van der Waals surface area contributed by atoms with E-state index < -0.39 is 0 Å². The van der Waals surface area contributed by atoms with Gasteiger partial charge in [0.15, 0.2) is 0 Å². The largest absolute Gasteiger partial charge is 0.388 e. The molecule has 0 saturated carbocycles. The number of hydrogen-bond acceptors (Lipinski definition) is 2. The molecule has 0 saturated heterocycles. The molecule has 0 bridgehead atoms. The van der Waals surface area contributed by atoms with Gasteiger partial charge < -0.3 is 9.67 Å². The summed E-state index contributed by atoms with van der Waals surface area (Å²) in [6, 6.07) is 6.21. The van der Waals surface area contributed by atoms with Gasteiger partial charge in [-0.2, -0.15) is 0 Å². The van der Waals surface area contributed by atoms with Crippen molar-refractivity contribution in [3.63, 3.8) is 0 Å². The zero-order chi connectivity index (χ0) is 11.4. The first-order valence-corrected chi connectivity index (χ1v) is 6.53. The first-order chi connectivity index (χ1) is 7.79. The summed E-state index contributed by atoms with van der Waals surface area (Å²) in [5.74, 6) is 0. The molecule has 0 fully saturated rings. The lowest BCUT2D eigenvalue weighted by Gasteiger charge is -2.06. The van der Waals surface area contributed by atoms with Crippen molar-refractivity contribution in [2.45, 2.75) is 32.4 Å². The summed E-state index contributed by atoms with van der Waals surface area (Å²) in [4.78, 5) is 1.34. The van der Waals surface area contributed by atoms with Gasteiger partial charge in [0.2, 0.25) is 0 Å². The van der Waals surface area contributed by atoms with Gasteiger partial charge in [-0.3, -0.25) is 0 Å². The third kappa shape index (κ3) is 2.74. The van der Waals surface area contributed by atoms with E-state index in [9.17, 15) is 5.11 Å². The maximum atomic E-state index is 9.85. The Balaban J connectivity index is 2.02. The summed E-state index contributed by atoms with van der Waals surface area (Å²) in [5, 5.41) is 11.9. The number of aliphatic hydroxyl groups is 1. The summed E-state index contributed by atoms with van der Waals surface area (Å²) in [6.07, 6.45) is 5.61. The number of nitrogens with zero attached hydrogens (tertiary/aromatic N) is 1. The lowest BCUT2D eigenvalue weighted by molar-refractivity contribution is 0.166. The van der Waals surface area contributed by atoms with E-state index in [4.69, 9.17) is 0 Å². The van der Waals surface area contributed by atoms with E-state index in [0.717, 1.165) is 24.9 Å². The highest BCUT2D eigenvalue weighted by atomic mass is 32.1. The van der Waals surface area contributed by atoms with E-state index in [0.29, 0.717) is 0 Å². The molecule has 16 heavy (non-hydrogen) atoms. The predicted molar refractivity (Wildman–Crippen MR) is 67.7 cm³/mol. The predicted octanol–water partition coefficient (Wildman–Crippen LogP) is 3.43. The molecule has 0 aliphatic heterocycles. The molecular weight excluding hydrogens is 218 g/mol. The summed E-state index contributed by atoms with van der Waals surface area (Å²) in [6.45, 7) is 2.99. The Morgan fingerprint density at radius 2 is 2.31 bits per heavy atom. The lowest BCUT2D eigenvalue weighted by Crippen LogP contribution is -1.96. The van der Waals surface area contributed by atoms with Crippen molar-refractivity contribution in [2.24, 2.45) is 0 Å². The summed E-state index contributed by atoms with van der Waals surface area (Å²) >= 11 is 1.76. The van der Waals surface area contributed by atoms with Crippen LogP contribution in [0, 0.1) is 0 Å².